The summed E-state index contributed by atoms with van der Waals surface area (Å²) in [7, 11) is 0. The number of hydrogen-bond acceptors (Lipinski definition) is 3. The molecule has 0 aliphatic carbocycles. The van der Waals surface area contributed by atoms with Crippen molar-refractivity contribution in [1.82, 2.24) is 15.0 Å². The molecular formula is C14H11ClN4O. The Morgan fingerprint density at radius 3 is 2.95 bits per heavy atom. The molecule has 0 bridgehead atoms. The van der Waals surface area contributed by atoms with Crippen LogP contribution in [0.5, 0.6) is 0 Å². The minimum Gasteiger partial charge on any atom is -0.335 e. The Morgan fingerprint density at radius 2 is 2.15 bits per heavy atom. The van der Waals surface area contributed by atoms with Gasteiger partial charge >= 0.3 is 0 Å². The molecule has 1 amide bonds. The van der Waals surface area contributed by atoms with Gasteiger partial charge in [0.15, 0.2) is 0 Å². The summed E-state index contributed by atoms with van der Waals surface area (Å²) in [5.41, 5.74) is 1.63. The van der Waals surface area contributed by atoms with E-state index in [1.54, 1.807) is 37.4 Å². The average molecular weight is 287 g/mol. The second kappa shape index (κ2) is 4.94. The van der Waals surface area contributed by atoms with E-state index in [1.807, 2.05) is 6.07 Å². The van der Waals surface area contributed by atoms with Gasteiger partial charge in [-0.25, -0.2) is 9.97 Å². The number of H-pyrrole nitrogens is 1. The molecule has 3 aromatic rings. The van der Waals surface area contributed by atoms with Crippen LogP contribution in [-0.2, 0) is 0 Å². The first kappa shape index (κ1) is 12.6. The number of anilines is 1. The minimum absolute atomic E-state index is 0.270. The fourth-order valence-electron chi connectivity index (χ4n) is 1.88. The van der Waals surface area contributed by atoms with Gasteiger partial charge in [-0.15, -0.1) is 0 Å². The van der Waals surface area contributed by atoms with Crippen molar-refractivity contribution in [3.05, 3.63) is 53.1 Å². The Bertz CT molecular complexity index is 797. The zero-order chi connectivity index (χ0) is 14.1. The lowest BCUT2D eigenvalue weighted by atomic mass is 10.3. The molecule has 0 unspecified atom stereocenters. The van der Waals surface area contributed by atoms with Gasteiger partial charge in [-0.05, 0) is 25.1 Å². The SMILES string of the molecule is Cc1ncc2cc(C(=O)Nc3ccccc3Cl)[nH]c2n1. The maximum Gasteiger partial charge on any atom is 0.272 e. The second-order valence-corrected chi connectivity index (χ2v) is 4.75. The molecule has 0 spiro atoms. The summed E-state index contributed by atoms with van der Waals surface area (Å²) in [6, 6.07) is 8.78. The summed E-state index contributed by atoms with van der Waals surface area (Å²) in [5.74, 6) is 0.381. The third-order valence-electron chi connectivity index (χ3n) is 2.86. The van der Waals surface area contributed by atoms with Crippen LogP contribution in [0.15, 0.2) is 36.5 Å². The zero-order valence-electron chi connectivity index (χ0n) is 10.6. The van der Waals surface area contributed by atoms with E-state index in [2.05, 4.69) is 20.3 Å². The number of carbonyl (C=O) groups is 1. The van der Waals surface area contributed by atoms with Crippen LogP contribution in [0, 0.1) is 6.92 Å². The van der Waals surface area contributed by atoms with Gasteiger partial charge in [0, 0.05) is 11.6 Å². The van der Waals surface area contributed by atoms with Crippen LogP contribution < -0.4 is 5.32 Å². The molecule has 0 radical (unpaired) electrons. The van der Waals surface area contributed by atoms with E-state index >= 15 is 0 Å². The molecule has 1 aromatic carbocycles. The average Bonchev–Trinajstić information content (AvgIpc) is 2.84. The van der Waals surface area contributed by atoms with E-state index in [-0.39, 0.29) is 5.91 Å². The Labute approximate surface area is 120 Å². The maximum atomic E-state index is 12.2. The highest BCUT2D eigenvalue weighted by atomic mass is 35.5. The fraction of sp³-hybridized carbons (Fsp3) is 0.0714. The van der Waals surface area contributed by atoms with Crippen LogP contribution in [-0.4, -0.2) is 20.9 Å². The summed E-state index contributed by atoms with van der Waals surface area (Å²) in [6.45, 7) is 1.80. The first-order valence-electron chi connectivity index (χ1n) is 6.02. The van der Waals surface area contributed by atoms with E-state index in [4.69, 9.17) is 11.6 Å². The van der Waals surface area contributed by atoms with Gasteiger partial charge in [-0.3, -0.25) is 4.79 Å². The Kier molecular flexibility index (Phi) is 3.12. The van der Waals surface area contributed by atoms with Crippen molar-refractivity contribution >= 4 is 34.2 Å². The summed E-state index contributed by atoms with van der Waals surface area (Å²) in [6.07, 6.45) is 1.68. The summed E-state index contributed by atoms with van der Waals surface area (Å²) in [4.78, 5) is 23.5. The van der Waals surface area contributed by atoms with Crippen molar-refractivity contribution < 1.29 is 4.79 Å². The van der Waals surface area contributed by atoms with Gasteiger partial charge in [-0.2, -0.15) is 0 Å². The Balaban J connectivity index is 1.91. The number of halogens is 1. The topological polar surface area (TPSA) is 70.7 Å². The van der Waals surface area contributed by atoms with Gasteiger partial charge in [0.2, 0.25) is 0 Å². The number of aromatic amines is 1. The molecule has 2 N–H and O–H groups in total. The van der Waals surface area contributed by atoms with E-state index in [0.717, 1.165) is 5.39 Å². The number of rotatable bonds is 2. The lowest BCUT2D eigenvalue weighted by molar-refractivity contribution is 0.102. The minimum atomic E-state index is -0.270. The molecule has 20 heavy (non-hydrogen) atoms. The van der Waals surface area contributed by atoms with E-state index in [9.17, 15) is 4.79 Å². The number of aryl methyl sites for hydroxylation is 1. The number of benzene rings is 1. The molecule has 0 saturated heterocycles. The van der Waals surface area contributed by atoms with Gasteiger partial charge in [-0.1, -0.05) is 23.7 Å². The zero-order valence-corrected chi connectivity index (χ0v) is 11.4. The van der Waals surface area contributed by atoms with Crippen molar-refractivity contribution in [3.63, 3.8) is 0 Å². The van der Waals surface area contributed by atoms with Crippen LogP contribution >= 0.6 is 11.6 Å². The summed E-state index contributed by atoms with van der Waals surface area (Å²) < 4.78 is 0. The fourth-order valence-corrected chi connectivity index (χ4v) is 2.06. The largest absolute Gasteiger partial charge is 0.335 e. The monoisotopic (exact) mass is 286 g/mol. The molecule has 100 valence electrons. The highest BCUT2D eigenvalue weighted by Gasteiger charge is 2.12. The summed E-state index contributed by atoms with van der Waals surface area (Å²) in [5, 5.41) is 4.04. The smallest absolute Gasteiger partial charge is 0.272 e. The molecule has 2 heterocycles. The predicted octanol–water partition coefficient (Wildman–Crippen LogP) is 3.17. The van der Waals surface area contributed by atoms with Crippen molar-refractivity contribution in [1.29, 1.82) is 0 Å². The molecular weight excluding hydrogens is 276 g/mol. The molecule has 2 aromatic heterocycles. The molecule has 3 rings (SSSR count). The highest BCUT2D eigenvalue weighted by molar-refractivity contribution is 6.33. The van der Waals surface area contributed by atoms with Crippen molar-refractivity contribution in [3.8, 4) is 0 Å². The van der Waals surface area contributed by atoms with Crippen molar-refractivity contribution in [2.75, 3.05) is 5.32 Å². The Hall–Kier alpha value is -2.40. The van der Waals surface area contributed by atoms with Crippen LogP contribution in [0.2, 0.25) is 5.02 Å². The number of aromatic nitrogens is 3. The van der Waals surface area contributed by atoms with Crippen molar-refractivity contribution in [2.45, 2.75) is 6.92 Å². The molecule has 0 saturated carbocycles. The van der Waals surface area contributed by atoms with Crippen LogP contribution in [0.3, 0.4) is 0 Å². The first-order valence-corrected chi connectivity index (χ1v) is 6.39. The van der Waals surface area contributed by atoms with E-state index in [1.165, 1.54) is 0 Å². The normalized spacial score (nSPS) is 10.7. The van der Waals surface area contributed by atoms with E-state index < -0.39 is 0 Å². The van der Waals surface area contributed by atoms with Crippen LogP contribution in [0.25, 0.3) is 11.0 Å². The quantitative estimate of drug-likeness (QED) is 0.760. The molecule has 5 nitrogen and oxygen atoms in total. The second-order valence-electron chi connectivity index (χ2n) is 4.34. The highest BCUT2D eigenvalue weighted by Crippen LogP contribution is 2.21. The third-order valence-corrected chi connectivity index (χ3v) is 3.19. The molecule has 0 aliphatic rings. The van der Waals surface area contributed by atoms with Crippen molar-refractivity contribution in [2.24, 2.45) is 0 Å². The standard InChI is InChI=1S/C14H11ClN4O/c1-8-16-7-9-6-12(18-13(9)17-8)14(20)19-11-5-3-2-4-10(11)15/h2-7H,1H3,(H,19,20)(H,16,17,18). The Morgan fingerprint density at radius 1 is 1.35 bits per heavy atom. The maximum absolute atomic E-state index is 12.2. The number of nitrogens with one attached hydrogen (secondary N) is 2. The van der Waals surface area contributed by atoms with Gasteiger partial charge in [0.05, 0.1) is 10.7 Å². The third kappa shape index (κ3) is 2.35. The number of amides is 1. The first-order chi connectivity index (χ1) is 9.63. The number of fused-ring (bicyclic) bond motifs is 1. The molecule has 0 atom stereocenters. The molecule has 0 aliphatic heterocycles. The number of hydrogen-bond donors (Lipinski definition) is 2. The molecule has 6 heteroatoms. The molecule has 0 fully saturated rings. The lowest BCUT2D eigenvalue weighted by Crippen LogP contribution is -2.12. The van der Waals surface area contributed by atoms with Crippen LogP contribution in [0.1, 0.15) is 16.3 Å². The number of para-hydroxylation sites is 1. The summed E-state index contributed by atoms with van der Waals surface area (Å²) >= 11 is 6.01. The lowest BCUT2D eigenvalue weighted by Gasteiger charge is -2.05. The van der Waals surface area contributed by atoms with Crippen LogP contribution in [0.4, 0.5) is 5.69 Å². The number of nitrogens with zero attached hydrogens (tertiary/aromatic N) is 2. The van der Waals surface area contributed by atoms with E-state index in [0.29, 0.717) is 27.9 Å². The van der Waals surface area contributed by atoms with Gasteiger partial charge in [0.1, 0.15) is 17.2 Å². The predicted molar refractivity (Wildman–Crippen MR) is 78.0 cm³/mol. The van der Waals surface area contributed by atoms with Gasteiger partial charge < -0.3 is 10.3 Å². The number of carbonyl (C=O) groups excluding carboxylic acids is 1. The van der Waals surface area contributed by atoms with Gasteiger partial charge in [0.25, 0.3) is 5.91 Å².